The van der Waals surface area contributed by atoms with Crippen molar-refractivity contribution in [1.82, 2.24) is 9.97 Å². The molecular formula is C9H11N3OS. The van der Waals surface area contributed by atoms with E-state index >= 15 is 0 Å². The first-order chi connectivity index (χ1) is 6.81. The summed E-state index contributed by atoms with van der Waals surface area (Å²) in [7, 11) is 0. The summed E-state index contributed by atoms with van der Waals surface area (Å²) < 4.78 is 5.48. The third-order valence-electron chi connectivity index (χ3n) is 1.75. The number of hydrogen-bond donors (Lipinski definition) is 1. The van der Waals surface area contributed by atoms with Crippen molar-refractivity contribution in [3.05, 3.63) is 11.4 Å². The largest absolute Gasteiger partial charge is 0.477 e. The molecule has 0 spiro atoms. The van der Waals surface area contributed by atoms with Gasteiger partial charge in [0, 0.05) is 0 Å². The molecule has 14 heavy (non-hydrogen) atoms. The second-order valence-electron chi connectivity index (χ2n) is 2.87. The fraction of sp³-hybridized carbons (Fsp3) is 0.333. The lowest BCUT2D eigenvalue weighted by Gasteiger charge is -2.04. The normalized spacial score (nSPS) is 10.6. The smallest absolute Gasteiger partial charge is 0.227 e. The van der Waals surface area contributed by atoms with Gasteiger partial charge in [0.1, 0.15) is 4.83 Å². The molecule has 4 nitrogen and oxygen atoms in total. The molecule has 0 radical (unpaired) electrons. The van der Waals surface area contributed by atoms with E-state index in [0.29, 0.717) is 12.5 Å². The Kier molecular flexibility index (Phi) is 2.49. The van der Waals surface area contributed by atoms with Crippen LogP contribution >= 0.6 is 11.3 Å². The average Bonchev–Trinajstić information content (AvgIpc) is 2.61. The van der Waals surface area contributed by atoms with Gasteiger partial charge in [-0.3, -0.25) is 0 Å². The molecule has 0 aliphatic heterocycles. The number of thiophene rings is 1. The number of hydrogen-bond acceptors (Lipinski definition) is 5. The molecule has 2 aromatic rings. The summed E-state index contributed by atoms with van der Waals surface area (Å²) in [6, 6.07) is 1.95. The van der Waals surface area contributed by atoms with Crippen molar-refractivity contribution in [3.8, 4) is 5.88 Å². The maximum atomic E-state index is 5.56. The summed E-state index contributed by atoms with van der Waals surface area (Å²) in [5, 5.41) is 2.90. The third kappa shape index (κ3) is 1.63. The zero-order valence-corrected chi connectivity index (χ0v) is 8.67. The van der Waals surface area contributed by atoms with Gasteiger partial charge in [-0.05, 0) is 17.9 Å². The van der Waals surface area contributed by atoms with Crippen LogP contribution in [-0.4, -0.2) is 16.6 Å². The molecule has 0 fully saturated rings. The van der Waals surface area contributed by atoms with Crippen molar-refractivity contribution < 1.29 is 4.74 Å². The zero-order chi connectivity index (χ0) is 9.97. The van der Waals surface area contributed by atoms with Gasteiger partial charge in [0.15, 0.2) is 0 Å². The molecule has 0 saturated heterocycles. The maximum absolute atomic E-state index is 5.56. The van der Waals surface area contributed by atoms with E-state index in [1.807, 2.05) is 11.4 Å². The Morgan fingerprint density at radius 2 is 2.36 bits per heavy atom. The van der Waals surface area contributed by atoms with E-state index in [1.54, 1.807) is 0 Å². The zero-order valence-electron chi connectivity index (χ0n) is 7.86. The van der Waals surface area contributed by atoms with Gasteiger partial charge in [0.2, 0.25) is 11.8 Å². The first-order valence-corrected chi connectivity index (χ1v) is 5.32. The molecule has 5 heteroatoms. The van der Waals surface area contributed by atoms with E-state index in [2.05, 4.69) is 16.9 Å². The summed E-state index contributed by atoms with van der Waals surface area (Å²) >= 11 is 1.54. The van der Waals surface area contributed by atoms with Gasteiger partial charge in [-0.25, -0.2) is 4.98 Å². The van der Waals surface area contributed by atoms with Gasteiger partial charge in [0.05, 0.1) is 12.0 Å². The Morgan fingerprint density at radius 1 is 1.50 bits per heavy atom. The maximum Gasteiger partial charge on any atom is 0.227 e. The van der Waals surface area contributed by atoms with E-state index < -0.39 is 0 Å². The molecule has 0 bridgehead atoms. The van der Waals surface area contributed by atoms with E-state index in [1.165, 1.54) is 11.3 Å². The fourth-order valence-corrected chi connectivity index (χ4v) is 1.91. The molecule has 2 N–H and O–H groups in total. The molecule has 0 aliphatic carbocycles. The van der Waals surface area contributed by atoms with Crippen LogP contribution in [0.5, 0.6) is 5.88 Å². The minimum absolute atomic E-state index is 0.269. The minimum Gasteiger partial charge on any atom is -0.477 e. The summed E-state index contributed by atoms with van der Waals surface area (Å²) in [6.45, 7) is 2.71. The minimum atomic E-state index is 0.269. The monoisotopic (exact) mass is 209 g/mol. The Labute approximate surface area is 85.7 Å². The SMILES string of the molecule is CCCOc1nc(N)nc2sccc12. The molecule has 74 valence electrons. The highest BCUT2D eigenvalue weighted by Gasteiger charge is 2.07. The molecule has 0 saturated carbocycles. The van der Waals surface area contributed by atoms with Crippen LogP contribution in [-0.2, 0) is 0 Å². The highest BCUT2D eigenvalue weighted by molar-refractivity contribution is 7.16. The average molecular weight is 209 g/mol. The number of nitrogens with two attached hydrogens (primary N) is 1. The number of anilines is 1. The summed E-state index contributed by atoms with van der Waals surface area (Å²) in [4.78, 5) is 9.05. The summed E-state index contributed by atoms with van der Waals surface area (Å²) in [6.07, 6.45) is 0.954. The fourth-order valence-electron chi connectivity index (χ4n) is 1.15. The quantitative estimate of drug-likeness (QED) is 0.840. The molecule has 0 amide bonds. The number of ether oxygens (including phenoxy) is 1. The van der Waals surface area contributed by atoms with Gasteiger partial charge in [0.25, 0.3) is 0 Å². The van der Waals surface area contributed by atoms with Crippen LogP contribution in [0.15, 0.2) is 11.4 Å². The van der Waals surface area contributed by atoms with E-state index in [0.717, 1.165) is 16.6 Å². The highest BCUT2D eigenvalue weighted by atomic mass is 32.1. The molecule has 2 heterocycles. The van der Waals surface area contributed by atoms with Crippen LogP contribution in [0.3, 0.4) is 0 Å². The molecule has 2 rings (SSSR count). The van der Waals surface area contributed by atoms with Crippen LogP contribution in [0.25, 0.3) is 10.2 Å². The first-order valence-electron chi connectivity index (χ1n) is 4.44. The lowest BCUT2D eigenvalue weighted by atomic mass is 10.4. The van der Waals surface area contributed by atoms with Crippen LogP contribution in [0.4, 0.5) is 5.95 Å². The summed E-state index contributed by atoms with van der Waals surface area (Å²) in [5.41, 5.74) is 5.56. The van der Waals surface area contributed by atoms with Crippen molar-refractivity contribution in [2.75, 3.05) is 12.3 Å². The van der Waals surface area contributed by atoms with Crippen LogP contribution in [0, 0.1) is 0 Å². The standard InChI is InChI=1S/C9H11N3OS/c1-2-4-13-7-6-3-5-14-8(6)12-9(10)11-7/h3,5H,2,4H2,1H3,(H2,10,11,12). The van der Waals surface area contributed by atoms with Crippen LogP contribution in [0.1, 0.15) is 13.3 Å². The van der Waals surface area contributed by atoms with Crippen molar-refractivity contribution >= 4 is 27.5 Å². The molecule has 0 aliphatic rings. The van der Waals surface area contributed by atoms with Crippen molar-refractivity contribution in [2.45, 2.75) is 13.3 Å². The highest BCUT2D eigenvalue weighted by Crippen LogP contribution is 2.27. The Hall–Kier alpha value is -1.36. The molecular weight excluding hydrogens is 198 g/mol. The molecule has 0 aromatic carbocycles. The van der Waals surface area contributed by atoms with Gasteiger partial charge >= 0.3 is 0 Å². The second kappa shape index (κ2) is 3.79. The molecule has 0 unspecified atom stereocenters. The molecule has 2 aromatic heterocycles. The van der Waals surface area contributed by atoms with Gasteiger partial charge in [-0.2, -0.15) is 4.98 Å². The van der Waals surface area contributed by atoms with E-state index in [9.17, 15) is 0 Å². The number of aromatic nitrogens is 2. The predicted molar refractivity (Wildman–Crippen MR) is 57.6 cm³/mol. The van der Waals surface area contributed by atoms with Crippen LogP contribution in [0.2, 0.25) is 0 Å². The van der Waals surface area contributed by atoms with Gasteiger partial charge in [-0.15, -0.1) is 11.3 Å². The number of fused-ring (bicyclic) bond motifs is 1. The lowest BCUT2D eigenvalue weighted by molar-refractivity contribution is 0.309. The van der Waals surface area contributed by atoms with Crippen molar-refractivity contribution in [1.29, 1.82) is 0 Å². The Balaban J connectivity index is 2.44. The van der Waals surface area contributed by atoms with Crippen molar-refractivity contribution in [2.24, 2.45) is 0 Å². The second-order valence-corrected chi connectivity index (χ2v) is 3.77. The van der Waals surface area contributed by atoms with Crippen LogP contribution < -0.4 is 10.5 Å². The molecule has 0 atom stereocenters. The number of nitrogen functional groups attached to an aromatic ring is 1. The lowest BCUT2D eigenvalue weighted by Crippen LogP contribution is -2.01. The first kappa shape index (κ1) is 9.21. The number of nitrogens with zero attached hydrogens (tertiary/aromatic N) is 2. The van der Waals surface area contributed by atoms with Gasteiger partial charge in [-0.1, -0.05) is 6.92 Å². The van der Waals surface area contributed by atoms with Crippen molar-refractivity contribution in [3.63, 3.8) is 0 Å². The summed E-state index contributed by atoms with van der Waals surface area (Å²) in [5.74, 6) is 0.863. The Morgan fingerprint density at radius 3 is 3.14 bits per heavy atom. The van der Waals surface area contributed by atoms with Gasteiger partial charge < -0.3 is 10.5 Å². The number of rotatable bonds is 3. The predicted octanol–water partition coefficient (Wildman–Crippen LogP) is 2.06. The van der Waals surface area contributed by atoms with E-state index in [-0.39, 0.29) is 5.95 Å². The third-order valence-corrected chi connectivity index (χ3v) is 2.56. The van der Waals surface area contributed by atoms with E-state index in [4.69, 9.17) is 10.5 Å². The topological polar surface area (TPSA) is 61.0 Å². The Bertz CT molecular complexity index is 441.